The first-order chi connectivity index (χ1) is 3.29. The van der Waals surface area contributed by atoms with Gasteiger partial charge in [0.05, 0.1) is 0 Å². The van der Waals surface area contributed by atoms with Crippen molar-refractivity contribution in [2.75, 3.05) is 0 Å². The summed E-state index contributed by atoms with van der Waals surface area (Å²) >= 11 is 0. The van der Waals surface area contributed by atoms with E-state index in [1.54, 1.807) is 6.26 Å². The largest absolute Gasteiger partial charge is 0.496 e. The zero-order valence-corrected chi connectivity index (χ0v) is 4.35. The molecule has 2 N–H and O–H groups in total. The van der Waals surface area contributed by atoms with Gasteiger partial charge in [0, 0.05) is 12.1 Å². The summed E-state index contributed by atoms with van der Waals surface area (Å²) in [6, 6.07) is 0. The molecule has 1 aliphatic rings. The summed E-state index contributed by atoms with van der Waals surface area (Å²) in [5.41, 5.74) is 6.22. The third kappa shape index (κ3) is 0.856. The Morgan fingerprint density at radius 3 is 2.86 bits per heavy atom. The molecule has 0 fully saturated rings. The van der Waals surface area contributed by atoms with Gasteiger partial charge in [-0.1, -0.05) is 0 Å². The van der Waals surface area contributed by atoms with Crippen LogP contribution in [0.2, 0.25) is 0 Å². The van der Waals surface area contributed by atoms with Crippen LogP contribution in [0.4, 0.5) is 0 Å². The van der Waals surface area contributed by atoms with E-state index < -0.39 is 0 Å². The third-order valence-electron chi connectivity index (χ3n) is 0.975. The van der Waals surface area contributed by atoms with Gasteiger partial charge in [-0.25, -0.2) is 0 Å². The van der Waals surface area contributed by atoms with Gasteiger partial charge < -0.3 is 10.5 Å². The van der Waals surface area contributed by atoms with Crippen LogP contribution in [-0.2, 0) is 4.74 Å². The van der Waals surface area contributed by atoms with Gasteiger partial charge in [-0.3, -0.25) is 0 Å². The fourth-order valence-corrected chi connectivity index (χ4v) is 0.632. The third-order valence-corrected chi connectivity index (χ3v) is 0.975. The second-order valence-electron chi connectivity index (χ2n) is 1.84. The minimum absolute atomic E-state index is 0.306. The Morgan fingerprint density at radius 2 is 2.71 bits per heavy atom. The first kappa shape index (κ1) is 4.50. The Balaban J connectivity index is 2.42. The lowest BCUT2D eigenvalue weighted by Gasteiger charge is -1.97. The van der Waals surface area contributed by atoms with E-state index in [0.29, 0.717) is 6.10 Å². The van der Waals surface area contributed by atoms with Gasteiger partial charge in [-0.2, -0.15) is 0 Å². The fourth-order valence-electron chi connectivity index (χ4n) is 0.632. The van der Waals surface area contributed by atoms with Crippen molar-refractivity contribution >= 4 is 0 Å². The Bertz CT molecular complexity index is 98.3. The maximum Gasteiger partial charge on any atom is 0.102 e. The normalized spacial score (nSPS) is 29.3. The molecule has 1 unspecified atom stereocenters. The zero-order valence-electron chi connectivity index (χ0n) is 4.35. The lowest BCUT2D eigenvalue weighted by Crippen LogP contribution is -1.99. The highest BCUT2D eigenvalue weighted by Crippen LogP contribution is 2.11. The molecule has 40 valence electrons. The molecule has 0 amide bonds. The minimum atomic E-state index is 0.306. The van der Waals surface area contributed by atoms with E-state index in [1.807, 2.05) is 6.92 Å². The molecule has 0 aromatic carbocycles. The van der Waals surface area contributed by atoms with Crippen LogP contribution in [-0.4, -0.2) is 6.10 Å². The molecular formula is C5H9NO. The van der Waals surface area contributed by atoms with Gasteiger partial charge in [0.15, 0.2) is 0 Å². The van der Waals surface area contributed by atoms with E-state index in [4.69, 9.17) is 10.5 Å². The van der Waals surface area contributed by atoms with Gasteiger partial charge in [0.2, 0.25) is 0 Å². The molecule has 0 spiro atoms. The van der Waals surface area contributed by atoms with Crippen molar-refractivity contribution in [3.05, 3.63) is 12.0 Å². The van der Waals surface area contributed by atoms with Crippen molar-refractivity contribution in [2.45, 2.75) is 19.4 Å². The molecule has 1 heterocycles. The van der Waals surface area contributed by atoms with Crippen molar-refractivity contribution in [3.8, 4) is 0 Å². The van der Waals surface area contributed by atoms with E-state index in [9.17, 15) is 0 Å². The SMILES string of the molecule is CC1CC(N)=CO1. The Hall–Kier alpha value is -0.660. The molecule has 0 bridgehead atoms. The zero-order chi connectivity index (χ0) is 5.28. The summed E-state index contributed by atoms with van der Waals surface area (Å²) in [6.45, 7) is 2.00. The van der Waals surface area contributed by atoms with Crippen LogP contribution in [0, 0.1) is 0 Å². The van der Waals surface area contributed by atoms with E-state index in [2.05, 4.69) is 0 Å². The molecular weight excluding hydrogens is 90.1 g/mol. The molecule has 0 saturated carbocycles. The van der Waals surface area contributed by atoms with Gasteiger partial charge in [0.1, 0.15) is 12.4 Å². The van der Waals surface area contributed by atoms with Crippen molar-refractivity contribution in [1.29, 1.82) is 0 Å². The van der Waals surface area contributed by atoms with Crippen molar-refractivity contribution < 1.29 is 4.74 Å². The Morgan fingerprint density at radius 1 is 2.00 bits per heavy atom. The maximum atomic E-state index is 5.36. The molecule has 0 aromatic rings. The van der Waals surface area contributed by atoms with Crippen LogP contribution in [0.15, 0.2) is 12.0 Å². The highest BCUT2D eigenvalue weighted by molar-refractivity contribution is 4.98. The monoisotopic (exact) mass is 99.1 g/mol. The topological polar surface area (TPSA) is 35.2 Å². The molecule has 1 rings (SSSR count). The highest BCUT2D eigenvalue weighted by Gasteiger charge is 2.08. The minimum Gasteiger partial charge on any atom is -0.496 e. The summed E-state index contributed by atoms with van der Waals surface area (Å²) in [5.74, 6) is 0. The second-order valence-corrected chi connectivity index (χ2v) is 1.84. The molecule has 0 aromatic heterocycles. The van der Waals surface area contributed by atoms with Gasteiger partial charge in [0.25, 0.3) is 0 Å². The summed E-state index contributed by atoms with van der Waals surface area (Å²) in [5, 5.41) is 0. The Kier molecular flexibility index (Phi) is 0.929. The number of rotatable bonds is 0. The van der Waals surface area contributed by atoms with Crippen LogP contribution < -0.4 is 5.73 Å². The van der Waals surface area contributed by atoms with Gasteiger partial charge in [-0.15, -0.1) is 0 Å². The molecule has 0 aliphatic carbocycles. The quantitative estimate of drug-likeness (QED) is 0.482. The summed E-state index contributed by atoms with van der Waals surface area (Å²) in [7, 11) is 0. The molecule has 2 heteroatoms. The molecule has 0 saturated heterocycles. The second kappa shape index (κ2) is 1.45. The van der Waals surface area contributed by atoms with Gasteiger partial charge >= 0.3 is 0 Å². The Labute approximate surface area is 43.0 Å². The smallest absolute Gasteiger partial charge is 0.102 e. The lowest BCUT2D eigenvalue weighted by atomic mass is 10.3. The standard InChI is InChI=1S/C5H9NO/c1-4-2-5(6)3-7-4/h3-4H,2,6H2,1H3. The van der Waals surface area contributed by atoms with Crippen LogP contribution in [0.3, 0.4) is 0 Å². The first-order valence-electron chi connectivity index (χ1n) is 2.39. The van der Waals surface area contributed by atoms with Crippen LogP contribution in [0.1, 0.15) is 13.3 Å². The number of ether oxygens (including phenoxy) is 1. The average Bonchev–Trinajstić information content (AvgIpc) is 1.87. The summed E-state index contributed by atoms with van der Waals surface area (Å²) in [4.78, 5) is 0. The first-order valence-corrected chi connectivity index (χ1v) is 2.39. The van der Waals surface area contributed by atoms with Crippen LogP contribution >= 0.6 is 0 Å². The van der Waals surface area contributed by atoms with Crippen molar-refractivity contribution in [3.63, 3.8) is 0 Å². The predicted molar refractivity (Wildman–Crippen MR) is 27.4 cm³/mol. The lowest BCUT2D eigenvalue weighted by molar-refractivity contribution is 0.189. The highest BCUT2D eigenvalue weighted by atomic mass is 16.5. The van der Waals surface area contributed by atoms with E-state index in [1.165, 1.54) is 0 Å². The predicted octanol–water partition coefficient (Wildman–Crippen LogP) is 0.595. The van der Waals surface area contributed by atoms with E-state index in [0.717, 1.165) is 12.1 Å². The van der Waals surface area contributed by atoms with E-state index >= 15 is 0 Å². The number of nitrogens with two attached hydrogens (primary N) is 1. The summed E-state index contributed by atoms with van der Waals surface area (Å²) in [6.07, 6.45) is 2.81. The van der Waals surface area contributed by atoms with E-state index in [-0.39, 0.29) is 0 Å². The van der Waals surface area contributed by atoms with Crippen LogP contribution in [0.25, 0.3) is 0 Å². The number of hydrogen-bond donors (Lipinski definition) is 1. The molecule has 1 aliphatic heterocycles. The molecule has 2 nitrogen and oxygen atoms in total. The van der Waals surface area contributed by atoms with Crippen molar-refractivity contribution in [1.82, 2.24) is 0 Å². The fraction of sp³-hybridized carbons (Fsp3) is 0.600. The van der Waals surface area contributed by atoms with Crippen molar-refractivity contribution in [2.24, 2.45) is 5.73 Å². The average molecular weight is 99.1 g/mol. The van der Waals surface area contributed by atoms with Crippen LogP contribution in [0.5, 0.6) is 0 Å². The number of hydrogen-bond acceptors (Lipinski definition) is 2. The maximum absolute atomic E-state index is 5.36. The molecule has 7 heavy (non-hydrogen) atoms. The summed E-state index contributed by atoms with van der Waals surface area (Å²) < 4.78 is 4.98. The molecule has 1 atom stereocenters. The molecule has 0 radical (unpaired) electrons. The van der Waals surface area contributed by atoms with Gasteiger partial charge in [-0.05, 0) is 6.92 Å².